The molecule has 0 atom stereocenters. The number of benzene rings is 4. The van der Waals surface area contributed by atoms with Gasteiger partial charge in [-0.25, -0.2) is 4.98 Å². The maximum absolute atomic E-state index is 11.2. The average molecular weight is 574 g/mol. The fraction of sp³-hybridized carbons (Fsp3) is 0.150. The topological polar surface area (TPSA) is 50.9 Å². The van der Waals surface area contributed by atoms with Crippen molar-refractivity contribution in [2.24, 2.45) is 0 Å². The molecule has 3 heterocycles. The van der Waals surface area contributed by atoms with E-state index in [0.717, 1.165) is 55.7 Å². The molecular formula is C40H35N3O. The fourth-order valence-corrected chi connectivity index (χ4v) is 6.36. The second-order valence-electron chi connectivity index (χ2n) is 12.6. The van der Waals surface area contributed by atoms with E-state index in [0.29, 0.717) is 0 Å². The smallest absolute Gasteiger partial charge is 0.138 e. The Labute approximate surface area is 258 Å². The van der Waals surface area contributed by atoms with Gasteiger partial charge in [0.05, 0.1) is 22.4 Å². The van der Waals surface area contributed by atoms with Gasteiger partial charge in [0.1, 0.15) is 11.6 Å². The van der Waals surface area contributed by atoms with E-state index in [9.17, 15) is 5.11 Å². The van der Waals surface area contributed by atoms with Crippen LogP contribution in [0.15, 0.2) is 115 Å². The Morgan fingerprint density at radius 3 is 2.09 bits per heavy atom. The Bertz CT molecular complexity index is 2160. The first-order chi connectivity index (χ1) is 21.2. The summed E-state index contributed by atoms with van der Waals surface area (Å²) < 4.78 is 2.21. The van der Waals surface area contributed by atoms with Crippen molar-refractivity contribution in [3.05, 3.63) is 132 Å². The average Bonchev–Trinajstić information content (AvgIpc) is 3.35. The first-order valence-corrected chi connectivity index (χ1v) is 15.1. The van der Waals surface area contributed by atoms with Crippen molar-refractivity contribution >= 4 is 21.8 Å². The highest BCUT2D eigenvalue weighted by Crippen LogP contribution is 2.40. The quantitative estimate of drug-likeness (QED) is 0.228. The summed E-state index contributed by atoms with van der Waals surface area (Å²) in [5.74, 6) is 1.08. The van der Waals surface area contributed by atoms with Gasteiger partial charge in [0, 0.05) is 22.5 Å². The summed E-state index contributed by atoms with van der Waals surface area (Å²) in [4.78, 5) is 9.58. The summed E-state index contributed by atoms with van der Waals surface area (Å²) in [5.41, 5.74) is 11.7. The first-order valence-electron chi connectivity index (χ1n) is 15.1. The molecule has 0 amide bonds. The van der Waals surface area contributed by atoms with Crippen LogP contribution in [0.25, 0.3) is 61.3 Å². The van der Waals surface area contributed by atoms with Crippen LogP contribution in [0, 0.1) is 13.8 Å². The molecule has 1 N–H and O–H groups in total. The molecule has 0 spiro atoms. The minimum atomic E-state index is 0.0774. The van der Waals surface area contributed by atoms with Gasteiger partial charge in [0.25, 0.3) is 0 Å². The molecule has 3 aromatic heterocycles. The number of phenols is 1. The number of aromatic hydroxyl groups is 1. The molecule has 4 heteroatoms. The van der Waals surface area contributed by atoms with Gasteiger partial charge >= 0.3 is 0 Å². The number of aryl methyl sites for hydroxylation is 2. The van der Waals surface area contributed by atoms with Gasteiger partial charge in [0.2, 0.25) is 0 Å². The van der Waals surface area contributed by atoms with E-state index in [1.54, 1.807) is 6.20 Å². The molecule has 0 saturated heterocycles. The van der Waals surface area contributed by atoms with Crippen LogP contribution in [0.5, 0.6) is 5.75 Å². The number of para-hydroxylation sites is 1. The lowest BCUT2D eigenvalue weighted by atomic mass is 9.82. The normalized spacial score (nSPS) is 11.8. The molecule has 4 aromatic carbocycles. The van der Waals surface area contributed by atoms with Crippen molar-refractivity contribution in [3.8, 4) is 45.2 Å². The number of fused-ring (bicyclic) bond motifs is 3. The van der Waals surface area contributed by atoms with Crippen molar-refractivity contribution in [1.82, 2.24) is 14.5 Å². The van der Waals surface area contributed by atoms with Gasteiger partial charge < -0.3 is 5.11 Å². The number of nitrogens with zero attached hydrogens (tertiary/aromatic N) is 3. The van der Waals surface area contributed by atoms with Crippen LogP contribution in [-0.4, -0.2) is 19.6 Å². The van der Waals surface area contributed by atoms with E-state index < -0.39 is 0 Å². The van der Waals surface area contributed by atoms with Crippen LogP contribution in [0.3, 0.4) is 0 Å². The van der Waals surface area contributed by atoms with E-state index in [2.05, 4.69) is 105 Å². The third-order valence-corrected chi connectivity index (χ3v) is 8.56. The van der Waals surface area contributed by atoms with Gasteiger partial charge in [-0.15, -0.1) is 0 Å². The van der Waals surface area contributed by atoms with Crippen LogP contribution in [0.4, 0.5) is 0 Å². The molecular weight excluding hydrogens is 538 g/mol. The second-order valence-corrected chi connectivity index (χ2v) is 12.6. The molecule has 7 rings (SSSR count). The van der Waals surface area contributed by atoms with Crippen LogP contribution >= 0.6 is 0 Å². The van der Waals surface area contributed by atoms with Gasteiger partial charge in [-0.1, -0.05) is 81.4 Å². The zero-order valence-electron chi connectivity index (χ0n) is 25.8. The lowest BCUT2D eigenvalue weighted by Gasteiger charge is -2.23. The Balaban J connectivity index is 1.41. The number of hydrogen-bond donors (Lipinski definition) is 1. The highest BCUT2D eigenvalue weighted by Gasteiger charge is 2.19. The Hall–Kier alpha value is -5.22. The van der Waals surface area contributed by atoms with Gasteiger partial charge in [-0.05, 0) is 101 Å². The lowest BCUT2D eigenvalue weighted by molar-refractivity contribution is 0.477. The SMILES string of the molecule is Cc1cc(C(C)(C)C)cc(C)c1-c1ccc(O)c(-c2ccc3c4ccccc4n(-c4cccc(-c5ccccn5)n4)c3c2)c1. The van der Waals surface area contributed by atoms with Crippen molar-refractivity contribution in [2.45, 2.75) is 40.0 Å². The monoisotopic (exact) mass is 573 g/mol. The molecule has 0 fully saturated rings. The van der Waals surface area contributed by atoms with Crippen LogP contribution < -0.4 is 0 Å². The third-order valence-electron chi connectivity index (χ3n) is 8.56. The Kier molecular flexibility index (Phi) is 6.58. The number of pyridine rings is 2. The highest BCUT2D eigenvalue weighted by atomic mass is 16.3. The first kappa shape index (κ1) is 27.6. The van der Waals surface area contributed by atoms with E-state index in [1.165, 1.54) is 22.3 Å². The predicted octanol–water partition coefficient (Wildman–Crippen LogP) is 10.2. The number of hydrogen-bond acceptors (Lipinski definition) is 3. The molecule has 0 radical (unpaired) electrons. The van der Waals surface area contributed by atoms with Gasteiger partial charge in [-0.2, -0.15) is 0 Å². The summed E-state index contributed by atoms with van der Waals surface area (Å²) >= 11 is 0. The molecule has 0 aliphatic carbocycles. The lowest BCUT2D eigenvalue weighted by Crippen LogP contribution is -2.12. The summed E-state index contributed by atoms with van der Waals surface area (Å²) in [6, 6.07) is 37.3. The zero-order valence-corrected chi connectivity index (χ0v) is 25.8. The van der Waals surface area contributed by atoms with Crippen molar-refractivity contribution in [2.75, 3.05) is 0 Å². The second kappa shape index (κ2) is 10.5. The molecule has 0 unspecified atom stereocenters. The maximum Gasteiger partial charge on any atom is 0.138 e. The largest absolute Gasteiger partial charge is 0.507 e. The highest BCUT2D eigenvalue weighted by molar-refractivity contribution is 6.10. The molecule has 7 aromatic rings. The predicted molar refractivity (Wildman–Crippen MR) is 183 cm³/mol. The molecule has 0 saturated carbocycles. The number of phenolic OH excluding ortho intramolecular Hbond substituents is 1. The summed E-state index contributed by atoms with van der Waals surface area (Å²) in [5, 5.41) is 13.4. The summed E-state index contributed by atoms with van der Waals surface area (Å²) in [7, 11) is 0. The third kappa shape index (κ3) is 4.73. The molecule has 216 valence electrons. The minimum absolute atomic E-state index is 0.0774. The fourth-order valence-electron chi connectivity index (χ4n) is 6.36. The minimum Gasteiger partial charge on any atom is -0.507 e. The standard InChI is InChI=1S/C40H35N3O/c1-25-21-29(40(3,4)5)22-26(2)39(25)28-17-19-37(44)32(23-28)27-16-18-31-30-11-6-7-14-35(30)43(36(31)24-27)38-15-10-13-34(42-38)33-12-8-9-20-41-33/h6-24,44H,1-5H3. The Morgan fingerprint density at radius 1 is 0.636 bits per heavy atom. The van der Waals surface area contributed by atoms with E-state index in [-0.39, 0.29) is 11.2 Å². The maximum atomic E-state index is 11.2. The van der Waals surface area contributed by atoms with Gasteiger partial charge in [-0.3, -0.25) is 9.55 Å². The molecule has 4 nitrogen and oxygen atoms in total. The van der Waals surface area contributed by atoms with E-state index in [1.807, 2.05) is 48.5 Å². The summed E-state index contributed by atoms with van der Waals surface area (Å²) in [6.45, 7) is 11.1. The van der Waals surface area contributed by atoms with Crippen molar-refractivity contribution < 1.29 is 5.11 Å². The van der Waals surface area contributed by atoms with Crippen LogP contribution in [-0.2, 0) is 5.41 Å². The molecule has 0 aliphatic heterocycles. The van der Waals surface area contributed by atoms with Gasteiger partial charge in [0.15, 0.2) is 0 Å². The molecule has 0 aliphatic rings. The number of rotatable bonds is 4. The van der Waals surface area contributed by atoms with E-state index >= 15 is 0 Å². The Morgan fingerprint density at radius 2 is 1.34 bits per heavy atom. The van der Waals surface area contributed by atoms with E-state index in [4.69, 9.17) is 4.98 Å². The number of aromatic nitrogens is 3. The van der Waals surface area contributed by atoms with Crippen LogP contribution in [0.2, 0.25) is 0 Å². The van der Waals surface area contributed by atoms with Crippen molar-refractivity contribution in [3.63, 3.8) is 0 Å². The summed E-state index contributed by atoms with van der Waals surface area (Å²) in [6.07, 6.45) is 1.79. The van der Waals surface area contributed by atoms with Crippen LogP contribution in [0.1, 0.15) is 37.5 Å². The molecule has 44 heavy (non-hydrogen) atoms. The van der Waals surface area contributed by atoms with Crippen molar-refractivity contribution in [1.29, 1.82) is 0 Å². The molecule has 0 bridgehead atoms. The zero-order chi connectivity index (χ0) is 30.6.